The first-order chi connectivity index (χ1) is 9.61. The molecule has 0 heterocycles. The van der Waals surface area contributed by atoms with Gasteiger partial charge in [0.2, 0.25) is 0 Å². The molecule has 0 saturated heterocycles. The number of phenolic OH excluding ortho intramolecular Hbond substituents is 1. The fourth-order valence-electron chi connectivity index (χ4n) is 3.18. The van der Waals surface area contributed by atoms with Crippen molar-refractivity contribution in [2.24, 2.45) is 5.92 Å². The molecule has 0 aliphatic heterocycles. The zero-order valence-corrected chi connectivity index (χ0v) is 13.5. The van der Waals surface area contributed by atoms with Crippen LogP contribution in [-0.2, 0) is 6.54 Å². The number of aromatic hydroxyl groups is 1. The Balaban J connectivity index is 1.99. The van der Waals surface area contributed by atoms with Crippen molar-refractivity contribution in [3.8, 4) is 5.75 Å². The van der Waals surface area contributed by atoms with Crippen molar-refractivity contribution in [3.63, 3.8) is 0 Å². The van der Waals surface area contributed by atoms with Gasteiger partial charge in [0.25, 0.3) is 0 Å². The quantitative estimate of drug-likeness (QED) is 0.787. The minimum atomic E-state index is 0.141. The Morgan fingerprint density at radius 1 is 1.25 bits per heavy atom. The predicted octanol–water partition coefficient (Wildman–Crippen LogP) is 5.15. The van der Waals surface area contributed by atoms with Gasteiger partial charge in [-0.3, -0.25) is 0 Å². The van der Waals surface area contributed by atoms with E-state index in [9.17, 15) is 5.11 Å². The van der Waals surface area contributed by atoms with Crippen LogP contribution in [0.25, 0.3) is 0 Å². The van der Waals surface area contributed by atoms with E-state index >= 15 is 0 Å². The van der Waals surface area contributed by atoms with Gasteiger partial charge in [0, 0.05) is 23.2 Å². The van der Waals surface area contributed by atoms with Gasteiger partial charge in [-0.15, -0.1) is 0 Å². The highest BCUT2D eigenvalue weighted by Gasteiger charge is 2.22. The summed E-state index contributed by atoms with van der Waals surface area (Å²) in [4.78, 5) is 0. The molecule has 4 heteroatoms. The van der Waals surface area contributed by atoms with Gasteiger partial charge in [-0.05, 0) is 37.3 Å². The lowest BCUT2D eigenvalue weighted by Crippen LogP contribution is -2.36. The fraction of sp³-hybridized carbons (Fsp3) is 0.625. The lowest BCUT2D eigenvalue weighted by molar-refractivity contribution is 0.261. The van der Waals surface area contributed by atoms with Crippen LogP contribution in [0, 0.1) is 5.92 Å². The zero-order valence-electron chi connectivity index (χ0n) is 12.0. The normalized spacial score (nSPS) is 18.1. The van der Waals surface area contributed by atoms with Crippen LogP contribution in [0.1, 0.15) is 51.0 Å². The van der Waals surface area contributed by atoms with E-state index in [1.165, 1.54) is 32.1 Å². The van der Waals surface area contributed by atoms with E-state index in [0.29, 0.717) is 22.6 Å². The van der Waals surface area contributed by atoms with Crippen LogP contribution in [0.5, 0.6) is 5.75 Å². The third-order valence-electron chi connectivity index (χ3n) is 4.32. The second-order valence-electron chi connectivity index (χ2n) is 5.69. The second-order valence-corrected chi connectivity index (χ2v) is 6.53. The molecule has 1 unspecified atom stereocenters. The molecule has 0 bridgehead atoms. The molecular formula is C16H23Cl2NO. The molecule has 112 valence electrons. The third kappa shape index (κ3) is 4.03. The molecule has 1 fully saturated rings. The summed E-state index contributed by atoms with van der Waals surface area (Å²) in [6.45, 7) is 2.83. The Kier molecular flexibility index (Phi) is 6.01. The predicted molar refractivity (Wildman–Crippen MR) is 85.6 cm³/mol. The van der Waals surface area contributed by atoms with Gasteiger partial charge >= 0.3 is 0 Å². The zero-order chi connectivity index (χ0) is 14.5. The monoisotopic (exact) mass is 315 g/mol. The molecule has 0 amide bonds. The van der Waals surface area contributed by atoms with Crippen molar-refractivity contribution in [2.45, 2.75) is 58.0 Å². The van der Waals surface area contributed by atoms with Crippen LogP contribution in [0.15, 0.2) is 12.1 Å². The Hall–Kier alpha value is -0.440. The maximum Gasteiger partial charge on any atom is 0.138 e. The molecule has 2 nitrogen and oxygen atoms in total. The minimum Gasteiger partial charge on any atom is -0.506 e. The minimum absolute atomic E-state index is 0.141. The Morgan fingerprint density at radius 2 is 1.95 bits per heavy atom. The molecule has 1 atom stereocenters. The Bertz CT molecular complexity index is 444. The van der Waals surface area contributed by atoms with Crippen LogP contribution in [-0.4, -0.2) is 11.1 Å². The molecule has 1 saturated carbocycles. The number of nitrogens with one attached hydrogen (secondary N) is 1. The summed E-state index contributed by atoms with van der Waals surface area (Å²) in [5, 5.41) is 14.4. The molecule has 1 aromatic rings. The number of rotatable bonds is 5. The number of hydrogen-bond donors (Lipinski definition) is 2. The van der Waals surface area contributed by atoms with Gasteiger partial charge in [-0.1, -0.05) is 49.4 Å². The van der Waals surface area contributed by atoms with Crippen molar-refractivity contribution in [3.05, 3.63) is 27.7 Å². The average molecular weight is 316 g/mol. The second kappa shape index (κ2) is 7.53. The highest BCUT2D eigenvalue weighted by molar-refractivity contribution is 6.35. The van der Waals surface area contributed by atoms with Crippen molar-refractivity contribution in [1.82, 2.24) is 5.32 Å². The van der Waals surface area contributed by atoms with Gasteiger partial charge in [0.15, 0.2) is 0 Å². The molecule has 20 heavy (non-hydrogen) atoms. The molecule has 1 aromatic carbocycles. The summed E-state index contributed by atoms with van der Waals surface area (Å²) in [5.41, 5.74) is 0.775. The largest absolute Gasteiger partial charge is 0.506 e. The van der Waals surface area contributed by atoms with Crippen LogP contribution in [0.2, 0.25) is 10.0 Å². The lowest BCUT2D eigenvalue weighted by Gasteiger charge is -2.30. The summed E-state index contributed by atoms with van der Waals surface area (Å²) < 4.78 is 0. The molecule has 1 aliphatic carbocycles. The van der Waals surface area contributed by atoms with E-state index < -0.39 is 0 Å². The number of benzene rings is 1. The van der Waals surface area contributed by atoms with Gasteiger partial charge in [-0.2, -0.15) is 0 Å². The first-order valence-corrected chi connectivity index (χ1v) is 8.27. The summed E-state index contributed by atoms with van der Waals surface area (Å²) >= 11 is 12.0. The summed E-state index contributed by atoms with van der Waals surface area (Å²) in [7, 11) is 0. The Morgan fingerprint density at radius 3 is 2.60 bits per heavy atom. The number of hydrogen-bond acceptors (Lipinski definition) is 2. The van der Waals surface area contributed by atoms with Crippen molar-refractivity contribution in [2.75, 3.05) is 0 Å². The van der Waals surface area contributed by atoms with Gasteiger partial charge in [0.05, 0.1) is 5.02 Å². The molecule has 0 spiro atoms. The van der Waals surface area contributed by atoms with Crippen molar-refractivity contribution < 1.29 is 5.11 Å². The van der Waals surface area contributed by atoms with E-state index in [1.807, 2.05) is 0 Å². The maximum absolute atomic E-state index is 9.99. The number of phenols is 1. The van der Waals surface area contributed by atoms with Gasteiger partial charge in [0.1, 0.15) is 5.75 Å². The molecule has 2 N–H and O–H groups in total. The SMILES string of the molecule is CCC(NCc1cc(Cl)cc(Cl)c1O)C1CCCCC1. The smallest absolute Gasteiger partial charge is 0.138 e. The van der Waals surface area contributed by atoms with Crippen LogP contribution < -0.4 is 5.32 Å². The maximum atomic E-state index is 9.99. The topological polar surface area (TPSA) is 32.3 Å². The highest BCUT2D eigenvalue weighted by Crippen LogP contribution is 2.32. The van der Waals surface area contributed by atoms with E-state index in [4.69, 9.17) is 23.2 Å². The van der Waals surface area contributed by atoms with Gasteiger partial charge in [-0.25, -0.2) is 0 Å². The van der Waals surface area contributed by atoms with Crippen LogP contribution in [0.3, 0.4) is 0 Å². The van der Waals surface area contributed by atoms with E-state index in [1.54, 1.807) is 12.1 Å². The first kappa shape index (κ1) is 15.9. The standard InChI is InChI=1S/C16H23Cl2NO/c1-2-15(11-6-4-3-5-7-11)19-10-12-8-13(17)9-14(18)16(12)20/h8-9,11,15,19-20H,2-7,10H2,1H3. The van der Waals surface area contributed by atoms with Crippen molar-refractivity contribution >= 4 is 23.2 Å². The summed E-state index contributed by atoms with van der Waals surface area (Å²) in [5.74, 6) is 0.896. The van der Waals surface area contributed by atoms with Crippen LogP contribution in [0.4, 0.5) is 0 Å². The molecular weight excluding hydrogens is 293 g/mol. The first-order valence-electron chi connectivity index (χ1n) is 7.52. The summed E-state index contributed by atoms with van der Waals surface area (Å²) in [6, 6.07) is 3.86. The summed E-state index contributed by atoms with van der Waals surface area (Å²) in [6.07, 6.45) is 7.80. The molecule has 0 radical (unpaired) electrons. The van der Waals surface area contributed by atoms with Gasteiger partial charge < -0.3 is 10.4 Å². The van der Waals surface area contributed by atoms with Crippen molar-refractivity contribution in [1.29, 1.82) is 0 Å². The highest BCUT2D eigenvalue weighted by atomic mass is 35.5. The van der Waals surface area contributed by atoms with E-state index in [-0.39, 0.29) is 5.75 Å². The average Bonchev–Trinajstić information content (AvgIpc) is 2.45. The van der Waals surface area contributed by atoms with E-state index in [2.05, 4.69) is 12.2 Å². The van der Waals surface area contributed by atoms with E-state index in [0.717, 1.165) is 17.9 Å². The lowest BCUT2D eigenvalue weighted by atomic mass is 9.83. The molecule has 1 aliphatic rings. The molecule has 0 aromatic heterocycles. The number of halogens is 2. The van der Waals surface area contributed by atoms with Crippen LogP contribution >= 0.6 is 23.2 Å². The fourth-order valence-corrected chi connectivity index (χ4v) is 3.71. The third-order valence-corrected chi connectivity index (χ3v) is 4.83. The Labute approximate surface area is 131 Å². The molecule has 2 rings (SSSR count).